The van der Waals surface area contributed by atoms with Crippen molar-refractivity contribution < 1.29 is 14.5 Å². The fraction of sp³-hybridized carbons (Fsp3) is 0.385. The molecule has 8 nitrogen and oxygen atoms in total. The zero-order valence-corrected chi connectivity index (χ0v) is 11.2. The van der Waals surface area contributed by atoms with Gasteiger partial charge in [0.15, 0.2) is 5.69 Å². The number of carbonyl (C=O) groups is 1. The Bertz CT molecular complexity index is 691. The minimum atomic E-state index is -0.500. The third-order valence-corrected chi connectivity index (χ3v) is 3.49. The molecule has 1 amide bonds. The summed E-state index contributed by atoms with van der Waals surface area (Å²) >= 11 is 0. The SMILES string of the molecule is O=C(NCC1CCCO1)c1n[nH]c2ccc([N+](=O)[O-])cc12. The van der Waals surface area contributed by atoms with Gasteiger partial charge in [-0.2, -0.15) is 5.10 Å². The lowest BCUT2D eigenvalue weighted by molar-refractivity contribution is -0.384. The van der Waals surface area contributed by atoms with E-state index in [2.05, 4.69) is 15.5 Å². The van der Waals surface area contributed by atoms with Crippen LogP contribution in [0, 0.1) is 10.1 Å². The highest BCUT2D eigenvalue weighted by molar-refractivity contribution is 6.05. The standard InChI is InChI=1S/C13H14N4O4/c18-13(14-7-9-2-1-5-21-9)12-10-6-8(17(19)20)3-4-11(10)15-16-12/h3-4,6,9H,1-2,5,7H2,(H,14,18)(H,15,16). The van der Waals surface area contributed by atoms with Crippen molar-refractivity contribution in [2.75, 3.05) is 13.2 Å². The number of rotatable bonds is 4. The average Bonchev–Trinajstić information content (AvgIpc) is 3.13. The second kappa shape index (κ2) is 5.49. The number of hydrogen-bond acceptors (Lipinski definition) is 5. The van der Waals surface area contributed by atoms with E-state index in [1.54, 1.807) is 0 Å². The van der Waals surface area contributed by atoms with E-state index < -0.39 is 4.92 Å². The van der Waals surface area contributed by atoms with Crippen LogP contribution < -0.4 is 5.32 Å². The molecule has 21 heavy (non-hydrogen) atoms. The van der Waals surface area contributed by atoms with Crippen LogP contribution in [0.15, 0.2) is 18.2 Å². The molecular weight excluding hydrogens is 276 g/mol. The van der Waals surface area contributed by atoms with Gasteiger partial charge in [-0.15, -0.1) is 0 Å². The normalized spacial score (nSPS) is 18.0. The topological polar surface area (TPSA) is 110 Å². The molecule has 1 aromatic heterocycles. The molecule has 2 N–H and O–H groups in total. The first-order valence-corrected chi connectivity index (χ1v) is 6.67. The number of hydrogen-bond donors (Lipinski definition) is 2. The fourth-order valence-electron chi connectivity index (χ4n) is 2.38. The van der Waals surface area contributed by atoms with Crippen molar-refractivity contribution in [3.8, 4) is 0 Å². The van der Waals surface area contributed by atoms with Gasteiger partial charge in [0.2, 0.25) is 0 Å². The molecular formula is C13H14N4O4. The fourth-order valence-corrected chi connectivity index (χ4v) is 2.38. The number of nitro benzene ring substituents is 1. The van der Waals surface area contributed by atoms with Crippen molar-refractivity contribution in [3.63, 3.8) is 0 Å². The number of fused-ring (bicyclic) bond motifs is 1. The van der Waals surface area contributed by atoms with Crippen LogP contribution in [0.5, 0.6) is 0 Å². The molecule has 0 radical (unpaired) electrons. The number of H-pyrrole nitrogens is 1. The Hall–Kier alpha value is -2.48. The molecule has 1 aromatic carbocycles. The maximum absolute atomic E-state index is 12.1. The van der Waals surface area contributed by atoms with E-state index in [0.717, 1.165) is 19.4 Å². The third-order valence-electron chi connectivity index (χ3n) is 3.49. The Morgan fingerprint density at radius 1 is 1.57 bits per heavy atom. The highest BCUT2D eigenvalue weighted by atomic mass is 16.6. The van der Waals surface area contributed by atoms with Crippen molar-refractivity contribution in [1.29, 1.82) is 0 Å². The monoisotopic (exact) mass is 290 g/mol. The Balaban J connectivity index is 1.80. The predicted molar refractivity (Wildman–Crippen MR) is 74.1 cm³/mol. The van der Waals surface area contributed by atoms with Gasteiger partial charge in [-0.05, 0) is 18.9 Å². The minimum Gasteiger partial charge on any atom is -0.376 e. The number of nitrogens with one attached hydrogen (secondary N) is 2. The first-order valence-electron chi connectivity index (χ1n) is 6.67. The smallest absolute Gasteiger partial charge is 0.272 e. The molecule has 1 unspecified atom stereocenters. The van der Waals surface area contributed by atoms with Crippen molar-refractivity contribution in [2.45, 2.75) is 18.9 Å². The second-order valence-corrected chi connectivity index (χ2v) is 4.90. The van der Waals surface area contributed by atoms with Crippen LogP contribution in [0.1, 0.15) is 23.3 Å². The summed E-state index contributed by atoms with van der Waals surface area (Å²) in [6.07, 6.45) is 1.96. The van der Waals surface area contributed by atoms with Gasteiger partial charge in [0.25, 0.3) is 11.6 Å². The lowest BCUT2D eigenvalue weighted by Crippen LogP contribution is -2.32. The summed E-state index contributed by atoms with van der Waals surface area (Å²) in [6, 6.07) is 4.26. The van der Waals surface area contributed by atoms with Crippen LogP contribution in [-0.2, 0) is 4.74 Å². The van der Waals surface area contributed by atoms with Gasteiger partial charge in [0, 0.05) is 30.7 Å². The van der Waals surface area contributed by atoms with E-state index in [-0.39, 0.29) is 23.4 Å². The number of aromatic nitrogens is 2. The molecule has 1 atom stereocenters. The summed E-state index contributed by atoms with van der Waals surface area (Å²) in [5, 5.41) is 20.6. The van der Waals surface area contributed by atoms with Gasteiger partial charge in [0.1, 0.15) is 0 Å². The number of carbonyl (C=O) groups excluding carboxylic acids is 1. The van der Waals surface area contributed by atoms with Gasteiger partial charge in [-0.3, -0.25) is 20.0 Å². The average molecular weight is 290 g/mol. The van der Waals surface area contributed by atoms with Crippen molar-refractivity contribution in [1.82, 2.24) is 15.5 Å². The van der Waals surface area contributed by atoms with Gasteiger partial charge < -0.3 is 10.1 Å². The molecule has 8 heteroatoms. The van der Waals surface area contributed by atoms with E-state index in [4.69, 9.17) is 4.74 Å². The number of non-ortho nitro benzene ring substituents is 1. The van der Waals surface area contributed by atoms with Crippen LogP contribution in [0.3, 0.4) is 0 Å². The molecule has 1 saturated heterocycles. The molecule has 1 aliphatic rings. The zero-order chi connectivity index (χ0) is 14.8. The van der Waals surface area contributed by atoms with Crippen LogP contribution in [0.25, 0.3) is 10.9 Å². The van der Waals surface area contributed by atoms with Crippen LogP contribution in [0.4, 0.5) is 5.69 Å². The molecule has 1 fully saturated rings. The molecule has 0 saturated carbocycles. The van der Waals surface area contributed by atoms with E-state index >= 15 is 0 Å². The molecule has 0 bridgehead atoms. The van der Waals surface area contributed by atoms with E-state index in [9.17, 15) is 14.9 Å². The van der Waals surface area contributed by atoms with Gasteiger partial charge in [-0.25, -0.2) is 0 Å². The van der Waals surface area contributed by atoms with Crippen LogP contribution in [0.2, 0.25) is 0 Å². The largest absolute Gasteiger partial charge is 0.376 e. The quantitative estimate of drug-likeness (QED) is 0.653. The summed E-state index contributed by atoms with van der Waals surface area (Å²) in [7, 11) is 0. The van der Waals surface area contributed by atoms with Gasteiger partial charge in [0.05, 0.1) is 16.5 Å². The highest BCUT2D eigenvalue weighted by Crippen LogP contribution is 2.22. The number of aromatic amines is 1. The summed E-state index contributed by atoms with van der Waals surface area (Å²) in [4.78, 5) is 22.4. The van der Waals surface area contributed by atoms with Gasteiger partial charge in [-0.1, -0.05) is 0 Å². The molecule has 110 valence electrons. The van der Waals surface area contributed by atoms with Crippen LogP contribution in [-0.4, -0.2) is 40.3 Å². The summed E-state index contributed by atoms with van der Waals surface area (Å²) < 4.78 is 5.43. The van der Waals surface area contributed by atoms with Crippen molar-refractivity contribution in [2.24, 2.45) is 0 Å². The Kier molecular flexibility index (Phi) is 3.53. The number of ether oxygens (including phenoxy) is 1. The second-order valence-electron chi connectivity index (χ2n) is 4.90. The van der Waals surface area contributed by atoms with Crippen molar-refractivity contribution in [3.05, 3.63) is 34.0 Å². The third kappa shape index (κ3) is 2.70. The predicted octanol–water partition coefficient (Wildman–Crippen LogP) is 1.38. The lowest BCUT2D eigenvalue weighted by Gasteiger charge is -2.09. The highest BCUT2D eigenvalue weighted by Gasteiger charge is 2.20. The molecule has 2 heterocycles. The minimum absolute atomic E-state index is 0.0356. The summed E-state index contributed by atoms with van der Waals surface area (Å²) in [6.45, 7) is 1.14. The van der Waals surface area contributed by atoms with Crippen LogP contribution >= 0.6 is 0 Å². The Morgan fingerprint density at radius 3 is 3.14 bits per heavy atom. The summed E-state index contributed by atoms with van der Waals surface area (Å²) in [5.74, 6) is -0.364. The molecule has 0 aliphatic carbocycles. The van der Waals surface area contributed by atoms with E-state index in [0.29, 0.717) is 17.4 Å². The Labute approximate surface area is 119 Å². The Morgan fingerprint density at radius 2 is 2.43 bits per heavy atom. The number of nitrogens with zero attached hydrogens (tertiary/aromatic N) is 2. The number of amides is 1. The number of benzene rings is 1. The molecule has 3 rings (SSSR count). The number of nitro groups is 1. The first kappa shape index (κ1) is 13.5. The first-order chi connectivity index (χ1) is 10.1. The molecule has 2 aromatic rings. The maximum atomic E-state index is 12.1. The molecule has 0 spiro atoms. The van der Waals surface area contributed by atoms with Crippen molar-refractivity contribution >= 4 is 22.5 Å². The van der Waals surface area contributed by atoms with E-state index in [1.165, 1.54) is 18.2 Å². The van der Waals surface area contributed by atoms with Gasteiger partial charge >= 0.3 is 0 Å². The molecule has 1 aliphatic heterocycles. The summed E-state index contributed by atoms with van der Waals surface area (Å²) in [5.41, 5.74) is 0.673. The van der Waals surface area contributed by atoms with E-state index in [1.807, 2.05) is 0 Å². The lowest BCUT2D eigenvalue weighted by atomic mass is 10.2. The maximum Gasteiger partial charge on any atom is 0.272 e. The zero-order valence-electron chi connectivity index (χ0n) is 11.2.